The number of carbonyl (C=O) groups excluding carboxylic acids is 1. The molecule has 2 nitrogen and oxygen atoms in total. The highest BCUT2D eigenvalue weighted by Crippen LogP contribution is 2.56. The molecule has 52 heavy (non-hydrogen) atoms. The van der Waals surface area contributed by atoms with Gasteiger partial charge < -0.3 is 4.90 Å². The van der Waals surface area contributed by atoms with Gasteiger partial charge in [0, 0.05) is 37.8 Å². The first kappa shape index (κ1) is 34.1. The van der Waals surface area contributed by atoms with Crippen LogP contribution in [-0.2, 0) is 5.41 Å². The molecule has 258 valence electrons. The number of thiophene rings is 2. The number of anilines is 3. The molecule has 0 fully saturated rings. The lowest BCUT2D eigenvalue weighted by Crippen LogP contribution is -2.25. The first-order valence-electron chi connectivity index (χ1n) is 18.6. The number of hydrogen-bond acceptors (Lipinski definition) is 4. The van der Waals surface area contributed by atoms with E-state index in [0.29, 0.717) is 0 Å². The van der Waals surface area contributed by atoms with Crippen molar-refractivity contribution < 1.29 is 4.79 Å². The molecule has 0 unspecified atom stereocenters. The molecule has 0 radical (unpaired) electrons. The van der Waals surface area contributed by atoms with Crippen molar-refractivity contribution in [1.82, 2.24) is 0 Å². The highest BCUT2D eigenvalue weighted by molar-refractivity contribution is 7.25. The van der Waals surface area contributed by atoms with Crippen LogP contribution < -0.4 is 4.90 Å². The van der Waals surface area contributed by atoms with Gasteiger partial charge in [0.25, 0.3) is 0 Å². The van der Waals surface area contributed by atoms with Crippen LogP contribution >= 0.6 is 22.7 Å². The molecule has 0 saturated heterocycles. The van der Waals surface area contributed by atoms with Gasteiger partial charge in [-0.25, -0.2) is 0 Å². The second-order valence-electron chi connectivity index (χ2n) is 13.8. The van der Waals surface area contributed by atoms with Gasteiger partial charge in [0.2, 0.25) is 0 Å². The maximum atomic E-state index is 11.8. The number of benzene rings is 5. The average Bonchev–Trinajstić information content (AvgIpc) is 3.93. The highest BCUT2D eigenvalue weighted by atomic mass is 32.1. The third-order valence-electron chi connectivity index (χ3n) is 10.6. The quantitative estimate of drug-likeness (QED) is 0.111. The van der Waals surface area contributed by atoms with Gasteiger partial charge in [0.05, 0.1) is 9.75 Å². The lowest BCUT2D eigenvalue weighted by Gasteiger charge is -2.33. The first-order valence-corrected chi connectivity index (χ1v) is 20.2. The van der Waals surface area contributed by atoms with Crippen molar-refractivity contribution in [3.05, 3.63) is 162 Å². The van der Waals surface area contributed by atoms with Crippen LogP contribution in [-0.4, -0.2) is 6.29 Å². The average molecular weight is 714 g/mol. The van der Waals surface area contributed by atoms with Crippen molar-refractivity contribution in [3.8, 4) is 42.4 Å². The number of unbranched alkanes of at least 4 members (excludes halogenated alkanes) is 2. The molecule has 2 heterocycles. The zero-order valence-corrected chi connectivity index (χ0v) is 31.5. The number of fused-ring (bicyclic) bond motifs is 3. The smallest absolute Gasteiger partial charge is 0.160 e. The zero-order valence-electron chi connectivity index (χ0n) is 29.8. The van der Waals surface area contributed by atoms with Gasteiger partial charge >= 0.3 is 0 Å². The third-order valence-corrected chi connectivity index (χ3v) is 13.0. The summed E-state index contributed by atoms with van der Waals surface area (Å²) in [7, 11) is 0. The molecule has 0 amide bonds. The fourth-order valence-electron chi connectivity index (χ4n) is 8.09. The first-order chi connectivity index (χ1) is 25.6. The normalized spacial score (nSPS) is 12.7. The SMILES string of the molecule is CCCCC1(CCCC)c2ccccc2-c2ccc(-c3cc(-c4ccc(N(c5ccccc5)c5ccccc5)cc4)sc3-c3ccc(C=O)s3)cc21. The Morgan fingerprint density at radius 1 is 0.538 bits per heavy atom. The predicted octanol–water partition coefficient (Wildman–Crippen LogP) is 14.7. The Balaban J connectivity index is 1.24. The topological polar surface area (TPSA) is 20.3 Å². The van der Waals surface area contributed by atoms with Crippen LogP contribution in [0.4, 0.5) is 17.1 Å². The van der Waals surface area contributed by atoms with Gasteiger partial charge in [-0.05, 0) is 107 Å². The fourth-order valence-corrected chi connectivity index (χ4v) is 10.2. The van der Waals surface area contributed by atoms with Crippen LogP contribution in [0.3, 0.4) is 0 Å². The Kier molecular flexibility index (Phi) is 9.77. The second kappa shape index (κ2) is 14.9. The molecule has 5 aromatic carbocycles. The molecule has 0 aliphatic heterocycles. The Morgan fingerprint density at radius 3 is 1.77 bits per heavy atom. The van der Waals surface area contributed by atoms with Gasteiger partial charge in [-0.15, -0.1) is 22.7 Å². The summed E-state index contributed by atoms with van der Waals surface area (Å²) < 4.78 is 0. The molecule has 0 atom stereocenters. The van der Waals surface area contributed by atoms with Gasteiger partial charge in [0.15, 0.2) is 6.29 Å². The van der Waals surface area contributed by atoms with Crippen LogP contribution in [0, 0.1) is 0 Å². The summed E-state index contributed by atoms with van der Waals surface area (Å²) in [5.74, 6) is 0. The van der Waals surface area contributed by atoms with Crippen LogP contribution in [0.1, 0.15) is 73.2 Å². The van der Waals surface area contributed by atoms with E-state index in [4.69, 9.17) is 0 Å². The molecule has 0 spiro atoms. The summed E-state index contributed by atoms with van der Waals surface area (Å²) in [5.41, 5.74) is 12.8. The maximum Gasteiger partial charge on any atom is 0.160 e. The van der Waals surface area contributed by atoms with E-state index in [0.717, 1.165) is 33.1 Å². The molecule has 0 N–H and O–H groups in total. The minimum absolute atomic E-state index is 0.0276. The monoisotopic (exact) mass is 713 g/mol. The molecule has 1 aliphatic carbocycles. The number of para-hydroxylation sites is 2. The summed E-state index contributed by atoms with van der Waals surface area (Å²) in [6, 6.07) is 52.9. The molecule has 2 aromatic heterocycles. The van der Waals surface area contributed by atoms with Crippen LogP contribution in [0.15, 0.2) is 146 Å². The van der Waals surface area contributed by atoms with E-state index in [-0.39, 0.29) is 5.41 Å². The summed E-state index contributed by atoms with van der Waals surface area (Å²) in [6.07, 6.45) is 8.10. The fraction of sp³-hybridized carbons (Fsp3) is 0.188. The van der Waals surface area contributed by atoms with Gasteiger partial charge in [0.1, 0.15) is 0 Å². The summed E-state index contributed by atoms with van der Waals surface area (Å²) >= 11 is 3.40. The highest BCUT2D eigenvalue weighted by Gasteiger charge is 2.42. The summed E-state index contributed by atoms with van der Waals surface area (Å²) in [4.78, 5) is 18.4. The van der Waals surface area contributed by atoms with Gasteiger partial charge in [-0.1, -0.05) is 124 Å². The molecular formula is C48H43NOS2. The standard InChI is InChI=1S/C48H43NOS2/c1-3-5-29-48(30-6-4-2)43-20-14-13-19-40(43)41-27-23-35(31-44(41)48)42-32-46(52-47(42)45-28-26-39(33-50)51-45)34-21-24-38(25-22-34)49(36-15-9-7-10-16-36)37-17-11-8-12-18-37/h7-28,31-33H,3-6,29-30H2,1-2H3. The number of rotatable bonds is 13. The van der Waals surface area contributed by atoms with E-state index in [1.807, 2.05) is 17.4 Å². The number of aldehydes is 1. The molecule has 4 heteroatoms. The van der Waals surface area contributed by atoms with E-state index in [9.17, 15) is 4.79 Å². The van der Waals surface area contributed by atoms with E-state index in [1.54, 1.807) is 11.3 Å². The predicted molar refractivity (Wildman–Crippen MR) is 224 cm³/mol. The Labute approximate surface area is 316 Å². The third kappa shape index (κ3) is 6.25. The maximum absolute atomic E-state index is 11.8. The van der Waals surface area contributed by atoms with E-state index in [2.05, 4.69) is 158 Å². The molecule has 0 saturated carbocycles. The minimum atomic E-state index is 0.0276. The van der Waals surface area contributed by atoms with Crippen molar-refractivity contribution in [2.45, 2.75) is 57.8 Å². The summed E-state index contributed by atoms with van der Waals surface area (Å²) in [6.45, 7) is 4.62. The van der Waals surface area contributed by atoms with E-state index >= 15 is 0 Å². The number of hydrogen-bond donors (Lipinski definition) is 0. The molecular weight excluding hydrogens is 671 g/mol. The lowest BCUT2D eigenvalue weighted by molar-refractivity contribution is 0.112. The number of nitrogens with zero attached hydrogens (tertiary/aromatic N) is 1. The minimum Gasteiger partial charge on any atom is -0.311 e. The summed E-state index contributed by atoms with van der Waals surface area (Å²) in [5, 5.41) is 0. The second-order valence-corrected chi connectivity index (χ2v) is 16.0. The Morgan fingerprint density at radius 2 is 1.13 bits per heavy atom. The van der Waals surface area contributed by atoms with Crippen molar-refractivity contribution in [2.24, 2.45) is 0 Å². The molecule has 0 bridgehead atoms. The lowest BCUT2D eigenvalue weighted by atomic mass is 9.70. The Hall–Kier alpha value is -5.03. The Bertz CT molecular complexity index is 2250. The largest absolute Gasteiger partial charge is 0.311 e. The van der Waals surface area contributed by atoms with Gasteiger partial charge in [-0.2, -0.15) is 0 Å². The van der Waals surface area contributed by atoms with Crippen LogP contribution in [0.2, 0.25) is 0 Å². The van der Waals surface area contributed by atoms with E-state index < -0.39 is 0 Å². The molecule has 1 aliphatic rings. The van der Waals surface area contributed by atoms with Crippen LogP contribution in [0.25, 0.3) is 42.4 Å². The van der Waals surface area contributed by atoms with E-state index in [1.165, 1.54) is 87.2 Å². The number of carbonyl (C=O) groups is 1. The van der Waals surface area contributed by atoms with Crippen LogP contribution in [0.5, 0.6) is 0 Å². The van der Waals surface area contributed by atoms with Crippen molar-refractivity contribution >= 4 is 46.0 Å². The van der Waals surface area contributed by atoms with Gasteiger partial charge in [-0.3, -0.25) is 4.79 Å². The van der Waals surface area contributed by atoms with Crippen molar-refractivity contribution in [2.75, 3.05) is 4.90 Å². The molecule has 8 rings (SSSR count). The van der Waals surface area contributed by atoms with Crippen molar-refractivity contribution in [1.29, 1.82) is 0 Å². The zero-order chi connectivity index (χ0) is 35.5. The molecule has 7 aromatic rings. The van der Waals surface area contributed by atoms with Crippen molar-refractivity contribution in [3.63, 3.8) is 0 Å².